The van der Waals surface area contributed by atoms with E-state index in [-0.39, 0.29) is 0 Å². The molecule has 0 amide bonds. The molecule has 0 spiro atoms. The number of benzene rings is 1. The summed E-state index contributed by atoms with van der Waals surface area (Å²) in [6, 6.07) is 9.71. The van der Waals surface area contributed by atoms with Gasteiger partial charge in [-0.3, -0.25) is 0 Å². The summed E-state index contributed by atoms with van der Waals surface area (Å²) < 4.78 is 0. The maximum atomic E-state index is 8.83. The molecule has 0 unspecified atom stereocenters. The van der Waals surface area contributed by atoms with Gasteiger partial charge in [-0.25, -0.2) is 0 Å². The summed E-state index contributed by atoms with van der Waals surface area (Å²) in [5, 5.41) is 9.56. The number of rotatable bonds is 1. The first kappa shape index (κ1) is 11.0. The summed E-state index contributed by atoms with van der Waals surface area (Å²) >= 11 is 7.43. The van der Waals surface area contributed by atoms with Crippen LogP contribution in [0.4, 0.5) is 5.69 Å². The Kier molecular flexibility index (Phi) is 2.86. The third-order valence-electron chi connectivity index (χ3n) is 2.32. The molecule has 0 radical (unpaired) electrons. The lowest BCUT2D eigenvalue weighted by molar-refractivity contribution is 1.47. The molecule has 0 atom stereocenters. The molecule has 2 nitrogen and oxygen atoms in total. The molecule has 2 N–H and O–H groups in total. The number of halogens is 1. The zero-order valence-electron chi connectivity index (χ0n) is 8.62. The van der Waals surface area contributed by atoms with E-state index in [0.29, 0.717) is 10.6 Å². The molecule has 80 valence electrons. The Labute approximate surface area is 103 Å². The van der Waals surface area contributed by atoms with Crippen LogP contribution in [0, 0.1) is 18.3 Å². The van der Waals surface area contributed by atoms with E-state index >= 15 is 0 Å². The smallest absolute Gasteiger partial charge is 0.128 e. The van der Waals surface area contributed by atoms with E-state index in [1.165, 1.54) is 11.3 Å². The summed E-state index contributed by atoms with van der Waals surface area (Å²) in [5.41, 5.74) is 8.27. The highest BCUT2D eigenvalue weighted by Gasteiger charge is 2.08. The lowest BCUT2D eigenvalue weighted by Crippen LogP contribution is -1.81. The standard InChI is InChI=1S/C12H9ClN2S/c1-7-2-3-8(4-9(7)13)11-5-10(15)12(6-14)16-11/h2-5H,15H2,1H3. The van der Waals surface area contributed by atoms with Crippen LogP contribution in [-0.2, 0) is 0 Å². The summed E-state index contributed by atoms with van der Waals surface area (Å²) in [7, 11) is 0. The fraction of sp³-hybridized carbons (Fsp3) is 0.0833. The lowest BCUT2D eigenvalue weighted by Gasteiger charge is -2.00. The van der Waals surface area contributed by atoms with E-state index in [0.717, 1.165) is 21.0 Å². The summed E-state index contributed by atoms with van der Waals surface area (Å²) in [4.78, 5) is 1.52. The minimum Gasteiger partial charge on any atom is -0.397 e. The fourth-order valence-corrected chi connectivity index (χ4v) is 2.43. The molecule has 2 aromatic rings. The number of nitriles is 1. The van der Waals surface area contributed by atoms with Crippen LogP contribution < -0.4 is 5.73 Å². The van der Waals surface area contributed by atoms with Crippen LogP contribution >= 0.6 is 22.9 Å². The quantitative estimate of drug-likeness (QED) is 0.834. The van der Waals surface area contributed by atoms with Crippen molar-refractivity contribution in [2.24, 2.45) is 0 Å². The van der Waals surface area contributed by atoms with E-state index in [1.807, 2.05) is 31.2 Å². The van der Waals surface area contributed by atoms with Gasteiger partial charge in [0.05, 0.1) is 5.69 Å². The number of nitrogens with two attached hydrogens (primary N) is 1. The van der Waals surface area contributed by atoms with E-state index in [4.69, 9.17) is 22.6 Å². The van der Waals surface area contributed by atoms with Crippen molar-refractivity contribution in [1.29, 1.82) is 5.26 Å². The monoisotopic (exact) mass is 248 g/mol. The van der Waals surface area contributed by atoms with Crippen molar-refractivity contribution in [3.05, 3.63) is 39.7 Å². The molecule has 0 bridgehead atoms. The number of aryl methyl sites for hydroxylation is 1. The molecule has 0 fully saturated rings. The number of nitrogen functional groups attached to an aromatic ring is 1. The van der Waals surface area contributed by atoms with Gasteiger partial charge in [0.15, 0.2) is 0 Å². The molecular formula is C12H9ClN2S. The topological polar surface area (TPSA) is 49.8 Å². The lowest BCUT2D eigenvalue weighted by atomic mass is 10.1. The average Bonchev–Trinajstić information content (AvgIpc) is 2.64. The highest BCUT2D eigenvalue weighted by Crippen LogP contribution is 2.34. The Morgan fingerprint density at radius 1 is 1.38 bits per heavy atom. The number of anilines is 1. The normalized spacial score (nSPS) is 10.1. The molecular weight excluding hydrogens is 240 g/mol. The molecule has 1 aromatic carbocycles. The number of nitrogens with zero attached hydrogens (tertiary/aromatic N) is 1. The molecule has 4 heteroatoms. The van der Waals surface area contributed by atoms with Crippen LogP contribution in [0.1, 0.15) is 10.4 Å². The second-order valence-electron chi connectivity index (χ2n) is 3.47. The molecule has 2 rings (SSSR count). The van der Waals surface area contributed by atoms with E-state index in [2.05, 4.69) is 6.07 Å². The first-order chi connectivity index (χ1) is 7.61. The first-order valence-corrected chi connectivity index (χ1v) is 5.87. The van der Waals surface area contributed by atoms with Crippen molar-refractivity contribution < 1.29 is 0 Å². The molecule has 16 heavy (non-hydrogen) atoms. The van der Waals surface area contributed by atoms with Gasteiger partial charge >= 0.3 is 0 Å². The second kappa shape index (κ2) is 4.17. The van der Waals surface area contributed by atoms with Gasteiger partial charge in [-0.05, 0) is 30.2 Å². The van der Waals surface area contributed by atoms with Gasteiger partial charge in [0.2, 0.25) is 0 Å². The van der Waals surface area contributed by atoms with E-state index < -0.39 is 0 Å². The van der Waals surface area contributed by atoms with Crippen LogP contribution in [-0.4, -0.2) is 0 Å². The minimum atomic E-state index is 0.527. The Bertz CT molecular complexity index is 581. The summed E-state index contributed by atoms with van der Waals surface area (Å²) in [6.45, 7) is 1.95. The Morgan fingerprint density at radius 2 is 2.12 bits per heavy atom. The van der Waals surface area contributed by atoms with Gasteiger partial charge in [0.1, 0.15) is 10.9 Å². The number of thiophene rings is 1. The van der Waals surface area contributed by atoms with Gasteiger partial charge in [-0.1, -0.05) is 23.7 Å². The van der Waals surface area contributed by atoms with Gasteiger partial charge in [-0.2, -0.15) is 5.26 Å². The van der Waals surface area contributed by atoms with E-state index in [9.17, 15) is 0 Å². The van der Waals surface area contributed by atoms with Gasteiger partial charge < -0.3 is 5.73 Å². The largest absolute Gasteiger partial charge is 0.397 e. The number of hydrogen-bond acceptors (Lipinski definition) is 3. The Hall–Kier alpha value is -1.50. The zero-order chi connectivity index (χ0) is 11.7. The van der Waals surface area contributed by atoms with Gasteiger partial charge in [0.25, 0.3) is 0 Å². The predicted molar refractivity (Wildman–Crippen MR) is 68.6 cm³/mol. The maximum Gasteiger partial charge on any atom is 0.128 e. The predicted octanol–water partition coefficient (Wildman–Crippen LogP) is 3.83. The van der Waals surface area contributed by atoms with Crippen molar-refractivity contribution in [1.82, 2.24) is 0 Å². The zero-order valence-corrected chi connectivity index (χ0v) is 10.2. The van der Waals surface area contributed by atoms with Gasteiger partial charge in [0, 0.05) is 9.90 Å². The number of hydrogen-bond donors (Lipinski definition) is 1. The third kappa shape index (κ3) is 1.90. The van der Waals surface area contributed by atoms with Gasteiger partial charge in [-0.15, -0.1) is 11.3 Å². The van der Waals surface area contributed by atoms with Crippen LogP contribution in [0.5, 0.6) is 0 Å². The van der Waals surface area contributed by atoms with Crippen molar-refractivity contribution >= 4 is 28.6 Å². The average molecular weight is 249 g/mol. The van der Waals surface area contributed by atoms with E-state index in [1.54, 1.807) is 0 Å². The second-order valence-corrected chi connectivity index (χ2v) is 4.93. The van der Waals surface area contributed by atoms with Crippen molar-refractivity contribution in [2.75, 3.05) is 5.73 Å². The molecule has 0 saturated carbocycles. The SMILES string of the molecule is Cc1ccc(-c2cc(N)c(C#N)s2)cc1Cl. The van der Waals surface area contributed by atoms with Crippen molar-refractivity contribution in [3.63, 3.8) is 0 Å². The molecule has 1 aromatic heterocycles. The Morgan fingerprint density at radius 3 is 2.69 bits per heavy atom. The van der Waals surface area contributed by atoms with Crippen LogP contribution in [0.3, 0.4) is 0 Å². The molecule has 1 heterocycles. The third-order valence-corrected chi connectivity index (χ3v) is 3.83. The molecule has 0 aliphatic heterocycles. The summed E-state index contributed by atoms with van der Waals surface area (Å²) in [5.74, 6) is 0. The van der Waals surface area contributed by atoms with Crippen LogP contribution in [0.2, 0.25) is 5.02 Å². The molecule has 0 saturated heterocycles. The molecule has 0 aliphatic carbocycles. The highest BCUT2D eigenvalue weighted by atomic mass is 35.5. The fourth-order valence-electron chi connectivity index (χ4n) is 1.38. The van der Waals surface area contributed by atoms with Crippen molar-refractivity contribution in [2.45, 2.75) is 6.92 Å². The Balaban J connectivity index is 2.51. The highest BCUT2D eigenvalue weighted by molar-refractivity contribution is 7.16. The van der Waals surface area contributed by atoms with Crippen LogP contribution in [0.25, 0.3) is 10.4 Å². The minimum absolute atomic E-state index is 0.527. The molecule has 0 aliphatic rings. The first-order valence-electron chi connectivity index (χ1n) is 4.67. The van der Waals surface area contributed by atoms with Crippen LogP contribution in [0.15, 0.2) is 24.3 Å². The maximum absolute atomic E-state index is 8.83. The van der Waals surface area contributed by atoms with Crippen molar-refractivity contribution in [3.8, 4) is 16.5 Å². The summed E-state index contributed by atoms with van der Waals surface area (Å²) in [6.07, 6.45) is 0.